The summed E-state index contributed by atoms with van der Waals surface area (Å²) in [4.78, 5) is 4.95. The first-order valence-electron chi connectivity index (χ1n) is 7.09. The lowest BCUT2D eigenvalue weighted by Gasteiger charge is -2.36. The highest BCUT2D eigenvalue weighted by Crippen LogP contribution is 2.28. The first kappa shape index (κ1) is 12.8. The van der Waals surface area contributed by atoms with Gasteiger partial charge in [-0.2, -0.15) is 0 Å². The van der Waals surface area contributed by atoms with Crippen molar-refractivity contribution < 1.29 is 9.47 Å². The first-order valence-corrected chi connectivity index (χ1v) is 7.09. The van der Waals surface area contributed by atoms with E-state index in [1.165, 1.54) is 18.7 Å². The maximum Gasteiger partial charge on any atom is 0.142 e. The van der Waals surface area contributed by atoms with Gasteiger partial charge in [0.05, 0.1) is 25.5 Å². The van der Waals surface area contributed by atoms with Gasteiger partial charge in [0, 0.05) is 32.7 Å². The van der Waals surface area contributed by atoms with Gasteiger partial charge in [-0.15, -0.1) is 0 Å². The smallest absolute Gasteiger partial charge is 0.142 e. The third kappa shape index (κ3) is 3.19. The van der Waals surface area contributed by atoms with E-state index in [0.717, 1.165) is 38.5 Å². The molecule has 0 aliphatic carbocycles. The summed E-state index contributed by atoms with van der Waals surface area (Å²) in [5.41, 5.74) is 1.22. The summed E-state index contributed by atoms with van der Waals surface area (Å²) in [7, 11) is 1.74. The lowest BCUT2D eigenvalue weighted by molar-refractivity contribution is 0.242. The normalized spacial score (nSPS) is 23.4. The van der Waals surface area contributed by atoms with Gasteiger partial charge in [0.25, 0.3) is 0 Å². The summed E-state index contributed by atoms with van der Waals surface area (Å²) < 4.78 is 10.7. The topological polar surface area (TPSA) is 28.2 Å². The van der Waals surface area contributed by atoms with Crippen LogP contribution in [0.3, 0.4) is 0 Å². The van der Waals surface area contributed by atoms with Crippen molar-refractivity contribution in [2.75, 3.05) is 51.3 Å². The second-order valence-corrected chi connectivity index (χ2v) is 5.24. The van der Waals surface area contributed by atoms with Crippen molar-refractivity contribution >= 4 is 5.69 Å². The fraction of sp³-hybridized carbons (Fsp3) is 0.600. The largest absolute Gasteiger partial charge is 0.495 e. The van der Waals surface area contributed by atoms with Gasteiger partial charge in [-0.25, -0.2) is 0 Å². The third-order valence-electron chi connectivity index (χ3n) is 3.97. The van der Waals surface area contributed by atoms with Crippen molar-refractivity contribution in [3.8, 4) is 5.75 Å². The van der Waals surface area contributed by atoms with Crippen LogP contribution in [0.25, 0.3) is 0 Å². The van der Waals surface area contributed by atoms with E-state index in [0.29, 0.717) is 6.10 Å². The number of benzene rings is 1. The number of hydrogen-bond donors (Lipinski definition) is 0. The Bertz CT molecular complexity index is 412. The molecule has 0 saturated carbocycles. The number of para-hydroxylation sites is 2. The van der Waals surface area contributed by atoms with E-state index in [-0.39, 0.29) is 0 Å². The predicted octanol–water partition coefficient (Wildman–Crippen LogP) is 1.61. The molecule has 104 valence electrons. The molecule has 0 radical (unpaired) electrons. The number of methoxy groups -OCH3 is 1. The van der Waals surface area contributed by atoms with Crippen molar-refractivity contribution in [2.45, 2.75) is 12.5 Å². The monoisotopic (exact) mass is 262 g/mol. The maximum absolute atomic E-state index is 5.44. The van der Waals surface area contributed by atoms with Crippen LogP contribution in [-0.2, 0) is 4.74 Å². The van der Waals surface area contributed by atoms with E-state index in [9.17, 15) is 0 Å². The fourth-order valence-electron chi connectivity index (χ4n) is 2.66. The van der Waals surface area contributed by atoms with Crippen LogP contribution in [0.1, 0.15) is 6.42 Å². The zero-order chi connectivity index (χ0) is 13.1. The highest BCUT2D eigenvalue weighted by molar-refractivity contribution is 5.58. The molecular formula is C15H22N2O2. The minimum atomic E-state index is 0.548. The van der Waals surface area contributed by atoms with Gasteiger partial charge >= 0.3 is 0 Å². The Labute approximate surface area is 114 Å². The highest BCUT2D eigenvalue weighted by atomic mass is 16.6. The van der Waals surface area contributed by atoms with Crippen LogP contribution >= 0.6 is 0 Å². The van der Waals surface area contributed by atoms with Crippen molar-refractivity contribution in [3.05, 3.63) is 24.3 Å². The second-order valence-electron chi connectivity index (χ2n) is 5.24. The van der Waals surface area contributed by atoms with Crippen LogP contribution in [0.4, 0.5) is 5.69 Å². The van der Waals surface area contributed by atoms with Crippen molar-refractivity contribution in [1.29, 1.82) is 0 Å². The zero-order valence-electron chi connectivity index (χ0n) is 11.5. The molecule has 2 saturated heterocycles. The lowest BCUT2D eigenvalue weighted by Crippen LogP contribution is -2.46. The van der Waals surface area contributed by atoms with E-state index in [1.54, 1.807) is 7.11 Å². The Morgan fingerprint density at radius 3 is 2.63 bits per heavy atom. The van der Waals surface area contributed by atoms with Gasteiger partial charge < -0.3 is 14.4 Å². The molecule has 4 heteroatoms. The summed E-state index contributed by atoms with van der Waals surface area (Å²) in [5.74, 6) is 0.974. The molecule has 0 bridgehead atoms. The Morgan fingerprint density at radius 1 is 1.21 bits per heavy atom. The highest BCUT2D eigenvalue weighted by Gasteiger charge is 2.24. The van der Waals surface area contributed by atoms with E-state index in [4.69, 9.17) is 9.47 Å². The van der Waals surface area contributed by atoms with Gasteiger partial charge in [-0.1, -0.05) is 12.1 Å². The summed E-state index contributed by atoms with van der Waals surface area (Å²) in [6.45, 7) is 6.55. The van der Waals surface area contributed by atoms with Crippen molar-refractivity contribution in [1.82, 2.24) is 4.90 Å². The molecule has 2 aliphatic heterocycles. The van der Waals surface area contributed by atoms with E-state index < -0.39 is 0 Å². The Hall–Kier alpha value is -1.26. The number of epoxide rings is 1. The summed E-state index contributed by atoms with van der Waals surface area (Å²) in [6, 6.07) is 8.28. The number of nitrogens with zero attached hydrogens (tertiary/aromatic N) is 2. The molecule has 0 aromatic heterocycles. The van der Waals surface area contributed by atoms with Crippen LogP contribution in [0.5, 0.6) is 5.75 Å². The zero-order valence-corrected chi connectivity index (χ0v) is 11.5. The maximum atomic E-state index is 5.44. The number of piperazine rings is 1. The van der Waals surface area contributed by atoms with Crippen LogP contribution in [0.15, 0.2) is 24.3 Å². The molecule has 2 aliphatic rings. The fourth-order valence-corrected chi connectivity index (χ4v) is 2.66. The van der Waals surface area contributed by atoms with E-state index in [2.05, 4.69) is 21.9 Å². The minimum Gasteiger partial charge on any atom is -0.495 e. The quantitative estimate of drug-likeness (QED) is 0.754. The van der Waals surface area contributed by atoms with Crippen LogP contribution in [0, 0.1) is 0 Å². The molecule has 1 aromatic rings. The van der Waals surface area contributed by atoms with Crippen molar-refractivity contribution in [2.24, 2.45) is 0 Å². The van der Waals surface area contributed by atoms with E-state index >= 15 is 0 Å². The number of hydrogen-bond acceptors (Lipinski definition) is 4. The van der Waals surface area contributed by atoms with Gasteiger partial charge in [0.1, 0.15) is 5.75 Å². The molecule has 1 aromatic carbocycles. The number of anilines is 1. The molecular weight excluding hydrogens is 240 g/mol. The standard InChI is InChI=1S/C15H22N2O2/c1-18-15-5-3-2-4-14(15)17-10-8-16(9-11-17)7-6-13-12-19-13/h2-5,13H,6-12H2,1H3. The minimum absolute atomic E-state index is 0.548. The number of rotatable bonds is 5. The van der Waals surface area contributed by atoms with Crippen molar-refractivity contribution in [3.63, 3.8) is 0 Å². The Kier molecular flexibility index (Phi) is 3.89. The summed E-state index contributed by atoms with van der Waals surface area (Å²) in [6.07, 6.45) is 1.74. The molecule has 2 fully saturated rings. The van der Waals surface area contributed by atoms with Gasteiger partial charge in [0.15, 0.2) is 0 Å². The SMILES string of the molecule is COc1ccccc1N1CCN(CCC2CO2)CC1. The van der Waals surface area contributed by atoms with Gasteiger partial charge in [0.2, 0.25) is 0 Å². The Balaban J connectivity index is 1.53. The third-order valence-corrected chi connectivity index (χ3v) is 3.97. The molecule has 1 atom stereocenters. The average molecular weight is 262 g/mol. The number of ether oxygens (including phenoxy) is 2. The van der Waals surface area contributed by atoms with Gasteiger partial charge in [-0.3, -0.25) is 4.90 Å². The van der Waals surface area contributed by atoms with E-state index in [1.807, 2.05) is 12.1 Å². The van der Waals surface area contributed by atoms with Crippen LogP contribution in [-0.4, -0.2) is 57.4 Å². The van der Waals surface area contributed by atoms with Gasteiger partial charge in [-0.05, 0) is 18.6 Å². The summed E-state index contributed by atoms with van der Waals surface area (Å²) in [5, 5.41) is 0. The van der Waals surface area contributed by atoms with Crippen LogP contribution < -0.4 is 9.64 Å². The lowest BCUT2D eigenvalue weighted by atomic mass is 10.2. The molecule has 0 amide bonds. The molecule has 19 heavy (non-hydrogen) atoms. The van der Waals surface area contributed by atoms with Crippen LogP contribution in [0.2, 0.25) is 0 Å². The summed E-state index contributed by atoms with van der Waals surface area (Å²) >= 11 is 0. The second kappa shape index (κ2) is 5.80. The molecule has 0 N–H and O–H groups in total. The molecule has 1 unspecified atom stereocenters. The average Bonchev–Trinajstić information content (AvgIpc) is 3.30. The predicted molar refractivity (Wildman–Crippen MR) is 76.0 cm³/mol. The Morgan fingerprint density at radius 2 is 1.95 bits per heavy atom. The molecule has 2 heterocycles. The molecule has 4 nitrogen and oxygen atoms in total. The molecule has 3 rings (SSSR count). The molecule has 0 spiro atoms. The first-order chi connectivity index (χ1) is 9.36.